The number of hydrogen-bond donors (Lipinski definition) is 7. The van der Waals surface area contributed by atoms with Crippen LogP contribution in [0.3, 0.4) is 0 Å². The Morgan fingerprint density at radius 3 is 2.18 bits per heavy atom. The fourth-order valence-corrected chi connectivity index (χ4v) is 6.46. The second-order valence-corrected chi connectivity index (χ2v) is 13.2. The van der Waals surface area contributed by atoms with Crippen LogP contribution in [0.5, 0.6) is 0 Å². The number of benzene rings is 2. The average Bonchev–Trinajstić information content (AvgIpc) is 3.77. The van der Waals surface area contributed by atoms with Gasteiger partial charge < -0.3 is 36.9 Å². The zero-order valence-corrected chi connectivity index (χ0v) is 28.3. The van der Waals surface area contributed by atoms with Crippen LogP contribution in [-0.4, -0.2) is 75.1 Å². The number of aromatic nitrogens is 2. The number of carboxylic acids is 1. The second kappa shape index (κ2) is 19.6. The third-order valence-electron chi connectivity index (χ3n) is 9.32. The summed E-state index contributed by atoms with van der Waals surface area (Å²) < 4.78 is 0. The van der Waals surface area contributed by atoms with Crippen LogP contribution in [0.25, 0.3) is 11.0 Å². The summed E-state index contributed by atoms with van der Waals surface area (Å²) in [6.07, 6.45) is 10.6. The molecule has 3 atom stereocenters. The first-order chi connectivity index (χ1) is 23.7. The number of H-pyrrole nitrogens is 1. The van der Waals surface area contributed by atoms with E-state index in [0.717, 1.165) is 79.4 Å². The number of nitrogens with zero attached hydrogens (tertiary/aromatic N) is 1. The normalized spacial score (nSPS) is 15.1. The average molecular weight is 677 g/mol. The molecule has 4 rings (SSSR count). The van der Waals surface area contributed by atoms with Gasteiger partial charge in [0.1, 0.15) is 23.9 Å². The monoisotopic (exact) mass is 676 g/mol. The minimum atomic E-state index is -1.28. The number of para-hydroxylation sites is 2. The zero-order chi connectivity index (χ0) is 35.0. The Labute approximate surface area is 288 Å². The number of unbranched alkanes of at least 4 members (excludes halogenated alkanes) is 2. The third kappa shape index (κ3) is 12.3. The molecule has 49 heavy (non-hydrogen) atoms. The maximum absolute atomic E-state index is 13.2. The predicted octanol–water partition coefficient (Wildman–Crippen LogP) is 3.30. The lowest BCUT2D eigenvalue weighted by molar-refractivity contribution is -0.142. The van der Waals surface area contributed by atoms with Crippen molar-refractivity contribution >= 4 is 34.7 Å². The summed E-state index contributed by atoms with van der Waals surface area (Å²) in [5, 5.41) is 27.5. The van der Waals surface area contributed by atoms with Gasteiger partial charge in [0.2, 0.25) is 17.7 Å². The first-order valence-corrected chi connectivity index (χ1v) is 17.7. The molecule has 1 aliphatic carbocycles. The number of fused-ring (bicyclic) bond motifs is 1. The second-order valence-electron chi connectivity index (χ2n) is 13.2. The topological polar surface area (TPSA) is 200 Å². The smallest absolute Gasteiger partial charge is 0.326 e. The molecular formula is C37H52N6O6. The molecule has 3 amide bonds. The van der Waals surface area contributed by atoms with Crippen LogP contribution in [0.2, 0.25) is 0 Å². The molecule has 0 radical (unpaired) electrons. The first kappa shape index (κ1) is 37.5. The summed E-state index contributed by atoms with van der Waals surface area (Å²) in [7, 11) is 0. The van der Waals surface area contributed by atoms with Crippen molar-refractivity contribution in [3.63, 3.8) is 0 Å². The van der Waals surface area contributed by atoms with Crippen LogP contribution in [0, 0.1) is 5.92 Å². The maximum atomic E-state index is 13.2. The largest absolute Gasteiger partial charge is 0.480 e. The molecule has 12 nitrogen and oxygen atoms in total. The number of hydrogen-bond acceptors (Lipinski definition) is 7. The van der Waals surface area contributed by atoms with Gasteiger partial charge in [0.05, 0.1) is 24.1 Å². The lowest BCUT2D eigenvalue weighted by atomic mass is 9.98. The number of nitrogens with one attached hydrogen (secondary N) is 4. The highest BCUT2D eigenvalue weighted by Gasteiger charge is 2.30. The van der Waals surface area contributed by atoms with Crippen LogP contribution in [0.4, 0.5) is 0 Å². The van der Waals surface area contributed by atoms with E-state index in [1.165, 1.54) is 0 Å². The number of aliphatic hydroxyl groups excluding tert-OH is 1. The van der Waals surface area contributed by atoms with E-state index in [0.29, 0.717) is 38.1 Å². The third-order valence-corrected chi connectivity index (χ3v) is 9.32. The number of imidazole rings is 1. The van der Waals surface area contributed by atoms with E-state index in [4.69, 9.17) is 5.73 Å². The number of carbonyl (C=O) groups is 4. The van der Waals surface area contributed by atoms with Gasteiger partial charge in [0, 0.05) is 6.42 Å². The zero-order valence-electron chi connectivity index (χ0n) is 28.3. The van der Waals surface area contributed by atoms with E-state index in [-0.39, 0.29) is 12.8 Å². The summed E-state index contributed by atoms with van der Waals surface area (Å²) in [6.45, 7) is -0.262. The molecule has 1 aliphatic rings. The summed E-state index contributed by atoms with van der Waals surface area (Å²) in [5.41, 5.74) is 9.56. The van der Waals surface area contributed by atoms with Gasteiger partial charge in [0.15, 0.2) is 0 Å². The number of aromatic amines is 1. The number of carbonyl (C=O) groups excluding carboxylic acids is 3. The number of amides is 3. The quantitative estimate of drug-likeness (QED) is 0.0834. The molecule has 0 bridgehead atoms. The molecule has 1 heterocycles. The number of carboxylic acid groups (broad SMARTS) is 1. The highest BCUT2D eigenvalue weighted by atomic mass is 16.4. The molecule has 266 valence electrons. The van der Waals surface area contributed by atoms with Crippen LogP contribution in [0.1, 0.15) is 87.6 Å². The van der Waals surface area contributed by atoms with Gasteiger partial charge in [-0.3, -0.25) is 14.4 Å². The summed E-state index contributed by atoms with van der Waals surface area (Å²) in [5.74, 6) is -1.45. The van der Waals surface area contributed by atoms with E-state index in [1.807, 2.05) is 48.5 Å². The maximum Gasteiger partial charge on any atom is 0.326 e. The van der Waals surface area contributed by atoms with Crippen molar-refractivity contribution in [1.82, 2.24) is 25.9 Å². The van der Waals surface area contributed by atoms with Gasteiger partial charge in [-0.05, 0) is 87.1 Å². The number of aryl methyl sites for hydroxylation is 2. The molecule has 0 aliphatic heterocycles. The lowest BCUT2D eigenvalue weighted by Gasteiger charge is -2.24. The summed E-state index contributed by atoms with van der Waals surface area (Å²) in [6, 6.07) is 12.3. The Morgan fingerprint density at radius 2 is 1.49 bits per heavy atom. The SMILES string of the molecule is NCCCC[C@H](NC(=O)[C@H](CO)NC(=O)Cc1ccc(CCCCc2nc3ccccc3[nH]2)cc1)C(=O)N[C@@H](CCC1CCCC1)C(=O)O. The van der Waals surface area contributed by atoms with Gasteiger partial charge in [0.25, 0.3) is 0 Å². The van der Waals surface area contributed by atoms with Gasteiger partial charge >= 0.3 is 5.97 Å². The minimum Gasteiger partial charge on any atom is -0.480 e. The first-order valence-electron chi connectivity index (χ1n) is 17.7. The van der Waals surface area contributed by atoms with Crippen molar-refractivity contribution in [3.05, 3.63) is 65.5 Å². The predicted molar refractivity (Wildman–Crippen MR) is 187 cm³/mol. The summed E-state index contributed by atoms with van der Waals surface area (Å²) >= 11 is 0. The Bertz CT molecular complexity index is 1470. The van der Waals surface area contributed by atoms with Crippen molar-refractivity contribution in [2.45, 2.75) is 108 Å². The number of aliphatic carboxylic acids is 1. The van der Waals surface area contributed by atoms with Crippen molar-refractivity contribution in [2.24, 2.45) is 11.7 Å². The Hall–Kier alpha value is -4.29. The molecule has 1 fully saturated rings. The van der Waals surface area contributed by atoms with Crippen molar-refractivity contribution in [2.75, 3.05) is 13.2 Å². The Kier molecular flexibility index (Phi) is 15.0. The molecule has 8 N–H and O–H groups in total. The highest BCUT2D eigenvalue weighted by molar-refractivity contribution is 5.93. The fourth-order valence-electron chi connectivity index (χ4n) is 6.46. The van der Waals surface area contributed by atoms with Crippen LogP contribution in [-0.2, 0) is 38.4 Å². The van der Waals surface area contributed by atoms with Crippen LogP contribution < -0.4 is 21.7 Å². The molecule has 3 aromatic rings. The molecule has 0 unspecified atom stereocenters. The van der Waals surface area contributed by atoms with E-state index in [2.05, 4.69) is 25.9 Å². The molecule has 12 heteroatoms. The van der Waals surface area contributed by atoms with Crippen molar-refractivity contribution < 1.29 is 29.4 Å². The van der Waals surface area contributed by atoms with Crippen LogP contribution >= 0.6 is 0 Å². The minimum absolute atomic E-state index is 0.0117. The van der Waals surface area contributed by atoms with Crippen LogP contribution in [0.15, 0.2) is 48.5 Å². The van der Waals surface area contributed by atoms with Gasteiger partial charge in [-0.2, -0.15) is 0 Å². The van der Waals surface area contributed by atoms with Gasteiger partial charge in [-0.15, -0.1) is 0 Å². The van der Waals surface area contributed by atoms with E-state index in [1.54, 1.807) is 0 Å². The van der Waals surface area contributed by atoms with Gasteiger partial charge in [-0.25, -0.2) is 9.78 Å². The molecule has 0 spiro atoms. The molecule has 1 aromatic heterocycles. The van der Waals surface area contributed by atoms with Crippen molar-refractivity contribution in [3.8, 4) is 0 Å². The molecule has 1 saturated carbocycles. The number of nitrogens with two attached hydrogens (primary N) is 1. The number of rotatable bonds is 21. The molecule has 2 aromatic carbocycles. The summed E-state index contributed by atoms with van der Waals surface area (Å²) in [4.78, 5) is 59.1. The lowest BCUT2D eigenvalue weighted by Crippen LogP contribution is -2.56. The Balaban J connectivity index is 1.23. The molecule has 0 saturated heterocycles. The van der Waals surface area contributed by atoms with E-state index in [9.17, 15) is 29.4 Å². The van der Waals surface area contributed by atoms with E-state index >= 15 is 0 Å². The van der Waals surface area contributed by atoms with Crippen molar-refractivity contribution in [1.29, 1.82) is 0 Å². The fraction of sp³-hybridized carbons (Fsp3) is 0.541. The Morgan fingerprint density at radius 1 is 0.816 bits per heavy atom. The van der Waals surface area contributed by atoms with Gasteiger partial charge in [-0.1, -0.05) is 62.1 Å². The number of aliphatic hydroxyl groups is 1. The standard InChI is InChI=1S/C37H52N6O6/c38-22-8-7-14-30(35(46)43-31(37(48)49)21-20-25-9-1-2-10-25)42-36(47)32(24-44)41-34(45)23-27-18-16-26(17-19-27)11-3-6-15-33-39-28-12-4-5-13-29(28)40-33/h4-5,12-13,16-19,25,30-32,44H,1-3,6-11,14-15,20-24,38H2,(H,39,40)(H,41,45)(H,42,47)(H,43,46)(H,48,49)/t30-,31-,32-/m0/s1. The van der Waals surface area contributed by atoms with E-state index < -0.39 is 48.4 Å². The molecular weight excluding hydrogens is 624 g/mol. The highest BCUT2D eigenvalue weighted by Crippen LogP contribution is 2.29.